The van der Waals surface area contributed by atoms with Crippen molar-refractivity contribution in [2.24, 2.45) is 34.0 Å². The highest BCUT2D eigenvalue weighted by molar-refractivity contribution is 6.02. The van der Waals surface area contributed by atoms with E-state index < -0.39 is 41.1 Å². The highest BCUT2D eigenvalue weighted by Crippen LogP contribution is 2.32. The number of hydrogen-bond acceptors (Lipinski definition) is 19. The second kappa shape index (κ2) is 35.7. The molecule has 28 nitrogen and oxygen atoms in total. The second-order valence-corrected chi connectivity index (χ2v) is 25.8. The third-order valence-corrected chi connectivity index (χ3v) is 17.8. The highest BCUT2D eigenvalue weighted by Gasteiger charge is 2.22. The van der Waals surface area contributed by atoms with Gasteiger partial charge in [-0.05, 0) is 133 Å². The van der Waals surface area contributed by atoms with E-state index in [1.165, 1.54) is 60.3 Å². The number of fused-ring (bicyclic) bond motifs is 5. The number of rotatable bonds is 15. The minimum atomic E-state index is -1.30. The molecular weight excluding hydrogens is 1510 g/mol. The van der Waals surface area contributed by atoms with Crippen LogP contribution in [-0.2, 0) is 32.9 Å². The van der Waals surface area contributed by atoms with E-state index in [9.17, 15) is 36.3 Å². The number of aromatic nitrogens is 21. The number of amides is 1. The van der Waals surface area contributed by atoms with Gasteiger partial charge in [-0.2, -0.15) is 35.7 Å². The van der Waals surface area contributed by atoms with Gasteiger partial charge in [-0.3, -0.25) is 69.2 Å². The maximum atomic E-state index is 14.5. The number of aryl methyl sites for hydroxylation is 6. The van der Waals surface area contributed by atoms with Crippen molar-refractivity contribution < 1.29 is 46.2 Å². The van der Waals surface area contributed by atoms with Crippen molar-refractivity contribution in [3.63, 3.8) is 0 Å². The molecule has 0 saturated carbocycles. The molecule has 0 saturated heterocycles. The smallest absolute Gasteiger partial charge is 0.340 e. The molecule has 7 N–H and O–H groups in total. The van der Waals surface area contributed by atoms with Crippen LogP contribution in [0, 0.1) is 42.9 Å². The molecule has 0 radical (unpaired) electrons. The summed E-state index contributed by atoms with van der Waals surface area (Å²) in [5.74, 6) is 1.50. The zero-order valence-corrected chi connectivity index (χ0v) is 63.2. The van der Waals surface area contributed by atoms with Crippen LogP contribution in [0.4, 0.5) is 22.0 Å². The third kappa shape index (κ3) is 18.6. The molecule has 0 bridgehead atoms. The first-order valence-electron chi connectivity index (χ1n) is 35.4. The first-order chi connectivity index (χ1) is 56.6. The lowest BCUT2D eigenvalue weighted by atomic mass is 10.1. The minimum absolute atomic E-state index is 0.107. The number of nitrogens with zero attached hydrogens (tertiary/aromatic N) is 18. The van der Waals surface area contributed by atoms with E-state index in [1.807, 2.05) is 109 Å². The molecular formula is C84H68F5N23O5. The number of hydrazine groups is 1. The van der Waals surface area contributed by atoms with Gasteiger partial charge in [0.1, 0.15) is 40.7 Å². The molecule has 0 aliphatic carbocycles. The molecule has 0 aliphatic rings. The number of carbonyl (C=O) groups is 3. The summed E-state index contributed by atoms with van der Waals surface area (Å²) in [6.07, 6.45) is 35.6. The molecule has 12 heterocycles. The number of aromatic carboxylic acids is 1. The minimum Gasteiger partial charge on any atom is -0.478 e. The Balaban J connectivity index is 0.000000127. The van der Waals surface area contributed by atoms with E-state index in [2.05, 4.69) is 90.6 Å². The zero-order chi connectivity index (χ0) is 82.4. The first kappa shape index (κ1) is 79.3. The number of nitrogens with two attached hydrogens (primary N) is 1. The number of carboxylic acids is 1. The van der Waals surface area contributed by atoms with E-state index in [0.717, 1.165) is 44.3 Å². The standard InChI is InChI=1S/C18H15FN6.C17H13FN6.C17H14FN3O2.C16H14FN5O.C16H12FN3O2/c1-11-21-18(23-22-11)13-8-14-16(6-5-12-4-3-7-20-10-12)24-25(2)17(14)9-15(13)19;1-10-20-17(24-21-10)12-7-13-15(22-23-16(13)8-14(12)18)5-4-11-3-2-6-19-9-11;1-21-16-9-14(18)12(17(22)23-2)8-13(16)15(20-21)6-5-11-4-3-7-19-10-11;1-22-15-8-13(17)11(16(23)20-18)7-12(15)14(21-22)5-4-10-3-2-6-19-9-10;1-20-15-8-13(17)11(16(21)22)7-12(15)14(19-20)5-4-10-3-2-6-18-9-10/h3-10H,1-2H3,(H,21,22,23);2-9H,1H3,(H,22,23)(H,20,21,24);3-10H,1-2H3;2-9H,18H2,1H3,(H,20,23);2-9H,1H3,(H,21,22)/b6-5+;5-4+;6-5+;2*5-4+. The Kier molecular flexibility index (Phi) is 24.2. The van der Waals surface area contributed by atoms with Crippen LogP contribution in [0.3, 0.4) is 0 Å². The maximum Gasteiger partial charge on any atom is 0.340 e. The molecule has 33 heteroatoms. The number of esters is 1. The summed E-state index contributed by atoms with van der Waals surface area (Å²) in [6, 6.07) is 33.1. The van der Waals surface area contributed by atoms with Crippen molar-refractivity contribution in [1.82, 2.24) is 110 Å². The Morgan fingerprint density at radius 2 is 0.735 bits per heavy atom. The van der Waals surface area contributed by atoms with Crippen LogP contribution in [-0.4, -0.2) is 135 Å². The molecule has 1 amide bonds. The lowest BCUT2D eigenvalue weighted by Crippen LogP contribution is -2.30. The van der Waals surface area contributed by atoms with Gasteiger partial charge in [0.15, 0.2) is 11.6 Å². The summed E-state index contributed by atoms with van der Waals surface area (Å²) in [5.41, 5.74) is 13.0. The number of methoxy groups -OCH3 is 1. The average Bonchev–Trinajstić information content (AvgIpc) is 1.63. The van der Waals surface area contributed by atoms with Crippen molar-refractivity contribution >= 4 is 133 Å². The van der Waals surface area contributed by atoms with E-state index >= 15 is 0 Å². The Hall–Kier alpha value is -15.8. The average molecular weight is 1570 g/mol. The number of benzene rings is 5. The van der Waals surface area contributed by atoms with Crippen molar-refractivity contribution in [2.45, 2.75) is 13.8 Å². The Labute approximate surface area is 661 Å². The molecule has 0 spiro atoms. The number of carboxylic acid groups (broad SMARTS) is 1. The quantitative estimate of drug-likeness (QED) is 0.0182. The number of hydrogen-bond donors (Lipinski definition) is 6. The highest BCUT2D eigenvalue weighted by atomic mass is 19.1. The van der Waals surface area contributed by atoms with Crippen LogP contribution in [0.15, 0.2) is 183 Å². The molecule has 5 aromatic carbocycles. The summed E-state index contributed by atoms with van der Waals surface area (Å²) < 4.78 is 81.5. The van der Waals surface area contributed by atoms with Gasteiger partial charge in [-0.15, -0.1) is 0 Å². The Bertz CT molecular complexity index is 6500. The second-order valence-electron chi connectivity index (χ2n) is 25.8. The number of nitrogen functional groups attached to an aromatic ring is 1. The van der Waals surface area contributed by atoms with Crippen LogP contribution >= 0.6 is 0 Å². The number of nitrogens with one attached hydrogen (secondary N) is 4. The molecule has 117 heavy (non-hydrogen) atoms. The molecule has 17 rings (SSSR count). The fourth-order valence-corrected chi connectivity index (χ4v) is 12.1. The van der Waals surface area contributed by atoms with Gasteiger partial charge in [0.25, 0.3) is 5.91 Å². The zero-order valence-electron chi connectivity index (χ0n) is 63.2. The monoisotopic (exact) mass is 1570 g/mol. The third-order valence-electron chi connectivity index (χ3n) is 17.8. The molecule has 584 valence electrons. The van der Waals surface area contributed by atoms with Gasteiger partial charge in [0.2, 0.25) is 0 Å². The van der Waals surface area contributed by atoms with Gasteiger partial charge in [-0.1, -0.05) is 60.7 Å². The van der Waals surface area contributed by atoms with E-state index in [1.54, 1.807) is 148 Å². The van der Waals surface area contributed by atoms with Gasteiger partial charge in [0.05, 0.1) is 91.0 Å². The number of H-pyrrole nitrogens is 3. The van der Waals surface area contributed by atoms with E-state index in [-0.39, 0.29) is 22.5 Å². The summed E-state index contributed by atoms with van der Waals surface area (Å²) >= 11 is 0. The summed E-state index contributed by atoms with van der Waals surface area (Å²) in [5, 5.41) is 50.7. The lowest BCUT2D eigenvalue weighted by Gasteiger charge is -2.02. The van der Waals surface area contributed by atoms with Crippen molar-refractivity contribution in [2.75, 3.05) is 7.11 Å². The van der Waals surface area contributed by atoms with Gasteiger partial charge in [0, 0.05) is 147 Å². The van der Waals surface area contributed by atoms with Crippen LogP contribution in [0.5, 0.6) is 0 Å². The molecule has 0 unspecified atom stereocenters. The van der Waals surface area contributed by atoms with Gasteiger partial charge < -0.3 is 9.84 Å². The van der Waals surface area contributed by atoms with Crippen LogP contribution in [0.1, 0.15) is 99.0 Å². The van der Waals surface area contributed by atoms with Gasteiger partial charge in [-0.25, -0.2) is 47.4 Å². The van der Waals surface area contributed by atoms with Crippen LogP contribution < -0.4 is 11.3 Å². The number of halogens is 5. The topological polar surface area (TPSA) is 366 Å². The van der Waals surface area contributed by atoms with Crippen molar-refractivity contribution in [3.8, 4) is 22.8 Å². The summed E-state index contributed by atoms with van der Waals surface area (Å²) in [4.78, 5) is 63.0. The molecule has 0 aliphatic heterocycles. The Morgan fingerprint density at radius 3 is 1.08 bits per heavy atom. The van der Waals surface area contributed by atoms with Crippen molar-refractivity contribution in [3.05, 3.63) is 297 Å². The predicted molar refractivity (Wildman–Crippen MR) is 435 cm³/mol. The van der Waals surface area contributed by atoms with Crippen LogP contribution in [0.2, 0.25) is 0 Å². The van der Waals surface area contributed by atoms with Crippen LogP contribution in [0.25, 0.3) is 138 Å². The lowest BCUT2D eigenvalue weighted by molar-refractivity contribution is 0.0594. The molecule has 0 atom stereocenters. The van der Waals surface area contributed by atoms with Crippen molar-refractivity contribution in [1.29, 1.82) is 0 Å². The summed E-state index contributed by atoms with van der Waals surface area (Å²) in [6.45, 7) is 3.55. The Morgan fingerprint density at radius 1 is 0.410 bits per heavy atom. The fourth-order valence-electron chi connectivity index (χ4n) is 12.1. The maximum absolute atomic E-state index is 14.5. The number of ether oxygens (including phenoxy) is 1. The number of pyridine rings is 5. The van der Waals surface area contributed by atoms with E-state index in [0.29, 0.717) is 101 Å². The fraction of sp³-hybridized carbons (Fsp3) is 0.0833. The largest absolute Gasteiger partial charge is 0.478 e. The number of aromatic amines is 3. The predicted octanol–water partition coefficient (Wildman–Crippen LogP) is 14.7. The normalized spacial score (nSPS) is 11.4. The molecule has 17 aromatic rings. The first-order valence-corrected chi connectivity index (χ1v) is 35.4. The SMILES string of the molecule is COC(=O)c1cc2c(/C=C/c3cccnc3)nn(C)c2cc1F.Cc1nc(-c2cc3c(/C=C/c4cccnc4)n[nH]c3cc2F)n[nH]1.Cc1nc(-c2cc3c(/C=C/c4cccnc4)nn(C)c3cc2F)n[nH]1.Cn1nc(/C=C/c2cccnc2)c2cc(C(=O)NN)c(F)cc21.Cn1nc(/C=C/c2cccnc2)c2cc(C(=O)O)c(F)cc21. The number of carbonyl (C=O) groups excluding carboxylic acids is 2. The molecule has 0 fully saturated rings. The molecule has 12 aromatic heterocycles. The van der Waals surface area contributed by atoms with E-state index in [4.69, 9.17) is 10.9 Å². The van der Waals surface area contributed by atoms with Gasteiger partial charge >= 0.3 is 11.9 Å². The summed E-state index contributed by atoms with van der Waals surface area (Å²) in [7, 11) is 8.13.